The van der Waals surface area contributed by atoms with Gasteiger partial charge in [-0.15, -0.1) is 11.3 Å². The van der Waals surface area contributed by atoms with Gasteiger partial charge in [-0.25, -0.2) is 9.37 Å². The van der Waals surface area contributed by atoms with E-state index < -0.39 is 5.82 Å². The number of nitrogens with zero attached hydrogens (tertiary/aromatic N) is 4. The first kappa shape index (κ1) is 15.5. The third kappa shape index (κ3) is 2.05. The van der Waals surface area contributed by atoms with Crippen LogP contribution in [0.15, 0.2) is 17.6 Å². The third-order valence-electron chi connectivity index (χ3n) is 5.26. The van der Waals surface area contributed by atoms with Crippen LogP contribution in [0.4, 0.5) is 4.39 Å². The highest BCUT2D eigenvalue weighted by atomic mass is 32.1. The highest BCUT2D eigenvalue weighted by Gasteiger charge is 2.39. The van der Waals surface area contributed by atoms with E-state index in [1.165, 1.54) is 17.4 Å². The number of fused-ring (bicyclic) bond motifs is 3. The topological polar surface area (TPSA) is 61.9 Å². The Labute approximate surface area is 153 Å². The molecule has 1 aliphatic heterocycles. The summed E-state index contributed by atoms with van der Waals surface area (Å²) in [6, 6.07) is 5.12. The monoisotopic (exact) mass is 366 g/mol. The lowest BCUT2D eigenvalue weighted by atomic mass is 9.97. The second-order valence-electron chi connectivity index (χ2n) is 6.87. The number of rotatable bonds is 2. The quantitative estimate of drug-likeness (QED) is 0.695. The zero-order chi connectivity index (χ0) is 18.0. The van der Waals surface area contributed by atoms with Gasteiger partial charge in [-0.2, -0.15) is 5.26 Å². The van der Waals surface area contributed by atoms with E-state index in [1.54, 1.807) is 11.6 Å². The van der Waals surface area contributed by atoms with Crippen molar-refractivity contribution in [3.05, 3.63) is 40.3 Å². The Morgan fingerprint density at radius 3 is 2.88 bits per heavy atom. The Balaban J connectivity index is 1.79. The molecule has 2 aromatic heterocycles. The highest BCUT2D eigenvalue weighted by molar-refractivity contribution is 7.16. The summed E-state index contributed by atoms with van der Waals surface area (Å²) < 4.78 is 16.4. The van der Waals surface area contributed by atoms with Gasteiger partial charge in [-0.3, -0.25) is 4.79 Å². The van der Waals surface area contributed by atoms with Crippen molar-refractivity contribution in [2.75, 3.05) is 6.54 Å². The normalized spacial score (nSPS) is 16.8. The SMILES string of the molecule is Cc1cc(C#N)c(F)cc1-c1c2n(c3scnc13)CCN(C1CC1)C2=O. The van der Waals surface area contributed by atoms with Crippen molar-refractivity contribution >= 4 is 27.6 Å². The van der Waals surface area contributed by atoms with Gasteiger partial charge in [0.2, 0.25) is 0 Å². The number of thiazole rings is 1. The predicted molar refractivity (Wildman–Crippen MR) is 96.5 cm³/mol. The van der Waals surface area contributed by atoms with E-state index in [4.69, 9.17) is 5.26 Å². The van der Waals surface area contributed by atoms with Crippen LogP contribution in [0, 0.1) is 24.1 Å². The molecule has 5 nitrogen and oxygen atoms in total. The molecule has 0 unspecified atom stereocenters. The van der Waals surface area contributed by atoms with Crippen LogP contribution in [0.5, 0.6) is 0 Å². The Morgan fingerprint density at radius 2 is 2.15 bits per heavy atom. The van der Waals surface area contributed by atoms with Gasteiger partial charge in [-0.1, -0.05) is 0 Å². The van der Waals surface area contributed by atoms with E-state index in [9.17, 15) is 9.18 Å². The second-order valence-corrected chi connectivity index (χ2v) is 7.70. The maximum atomic E-state index is 14.4. The van der Waals surface area contributed by atoms with Crippen LogP contribution in [0.3, 0.4) is 0 Å². The van der Waals surface area contributed by atoms with Crippen molar-refractivity contribution < 1.29 is 9.18 Å². The standard InChI is InChI=1S/C19H15FN4OS/c1-10-6-11(8-21)14(20)7-13(10)15-16-19(26-9-22-16)24-5-4-23(12-2-3-12)18(25)17(15)24/h6-7,9,12H,2-5H2,1H3. The lowest BCUT2D eigenvalue weighted by molar-refractivity contribution is 0.0694. The number of amides is 1. The molecule has 0 bridgehead atoms. The summed E-state index contributed by atoms with van der Waals surface area (Å²) in [4.78, 5) is 20.6. The molecule has 1 fully saturated rings. The van der Waals surface area contributed by atoms with E-state index >= 15 is 0 Å². The van der Waals surface area contributed by atoms with Gasteiger partial charge in [0.1, 0.15) is 27.9 Å². The summed E-state index contributed by atoms with van der Waals surface area (Å²) in [6.07, 6.45) is 2.11. The summed E-state index contributed by atoms with van der Waals surface area (Å²) in [5, 5.41) is 9.07. The summed E-state index contributed by atoms with van der Waals surface area (Å²) >= 11 is 1.50. The number of benzene rings is 1. The van der Waals surface area contributed by atoms with Crippen LogP contribution in [0.2, 0.25) is 0 Å². The second kappa shape index (κ2) is 5.39. The number of nitriles is 1. The fraction of sp³-hybridized carbons (Fsp3) is 0.316. The Hall–Kier alpha value is -2.72. The number of aryl methyl sites for hydroxylation is 1. The van der Waals surface area contributed by atoms with Crippen molar-refractivity contribution in [3.8, 4) is 17.2 Å². The van der Waals surface area contributed by atoms with Crippen LogP contribution < -0.4 is 0 Å². The smallest absolute Gasteiger partial charge is 0.271 e. The average molecular weight is 366 g/mol. The Morgan fingerprint density at radius 1 is 1.35 bits per heavy atom. The molecule has 3 aromatic rings. The molecule has 2 aliphatic rings. The molecule has 1 saturated carbocycles. The molecule has 0 radical (unpaired) electrons. The van der Waals surface area contributed by atoms with Crippen molar-refractivity contribution in [3.63, 3.8) is 0 Å². The Kier molecular flexibility index (Phi) is 3.22. The lowest BCUT2D eigenvalue weighted by Crippen LogP contribution is -2.41. The van der Waals surface area contributed by atoms with Crippen LogP contribution in [-0.4, -0.2) is 32.9 Å². The maximum absolute atomic E-state index is 14.4. The third-order valence-corrected chi connectivity index (χ3v) is 6.10. The molecule has 1 amide bonds. The van der Waals surface area contributed by atoms with E-state index in [0.29, 0.717) is 29.4 Å². The minimum atomic E-state index is -0.571. The molecule has 130 valence electrons. The molecular weight excluding hydrogens is 351 g/mol. The molecule has 3 heterocycles. The summed E-state index contributed by atoms with van der Waals surface area (Å²) in [6.45, 7) is 3.27. The first-order valence-electron chi connectivity index (χ1n) is 8.57. The molecule has 7 heteroatoms. The van der Waals surface area contributed by atoms with Gasteiger partial charge in [0.15, 0.2) is 0 Å². The number of carbonyl (C=O) groups is 1. The molecule has 1 aliphatic carbocycles. The zero-order valence-corrected chi connectivity index (χ0v) is 14.9. The number of hydrogen-bond donors (Lipinski definition) is 0. The first-order chi connectivity index (χ1) is 12.6. The minimum absolute atomic E-state index is 0.00289. The van der Waals surface area contributed by atoms with E-state index in [2.05, 4.69) is 4.98 Å². The summed E-state index contributed by atoms with van der Waals surface area (Å²) in [5.74, 6) is -0.568. The molecule has 0 spiro atoms. The van der Waals surface area contributed by atoms with Crippen LogP contribution in [0.1, 0.15) is 34.5 Å². The van der Waals surface area contributed by atoms with Gasteiger partial charge in [0.25, 0.3) is 5.91 Å². The highest BCUT2D eigenvalue weighted by Crippen LogP contribution is 2.41. The number of halogens is 1. The Bertz CT molecular complexity index is 1120. The molecule has 0 saturated heterocycles. The number of hydrogen-bond acceptors (Lipinski definition) is 4. The molecular formula is C19H15FN4OS. The van der Waals surface area contributed by atoms with E-state index in [-0.39, 0.29) is 11.5 Å². The lowest BCUT2D eigenvalue weighted by Gasteiger charge is -2.29. The summed E-state index contributed by atoms with van der Waals surface area (Å²) in [5.41, 5.74) is 5.21. The van der Waals surface area contributed by atoms with Gasteiger partial charge in [-0.05, 0) is 43.0 Å². The first-order valence-corrected chi connectivity index (χ1v) is 9.45. The maximum Gasteiger partial charge on any atom is 0.271 e. The minimum Gasteiger partial charge on any atom is -0.333 e. The van der Waals surface area contributed by atoms with Crippen molar-refractivity contribution in [2.24, 2.45) is 0 Å². The average Bonchev–Trinajstić information content (AvgIpc) is 3.26. The van der Waals surface area contributed by atoms with Crippen molar-refractivity contribution in [1.82, 2.24) is 14.5 Å². The van der Waals surface area contributed by atoms with Crippen molar-refractivity contribution in [2.45, 2.75) is 32.4 Å². The van der Waals surface area contributed by atoms with Gasteiger partial charge in [0.05, 0.1) is 11.1 Å². The van der Waals surface area contributed by atoms with E-state index in [1.807, 2.05) is 22.5 Å². The summed E-state index contributed by atoms with van der Waals surface area (Å²) in [7, 11) is 0. The molecule has 0 atom stereocenters. The van der Waals surface area contributed by atoms with Crippen LogP contribution >= 0.6 is 11.3 Å². The number of carbonyl (C=O) groups excluding carboxylic acids is 1. The van der Waals surface area contributed by atoms with E-state index in [0.717, 1.165) is 35.3 Å². The predicted octanol–water partition coefficient (Wildman–Crippen LogP) is 3.70. The molecule has 26 heavy (non-hydrogen) atoms. The molecule has 1 aromatic carbocycles. The number of aromatic nitrogens is 2. The fourth-order valence-electron chi connectivity index (χ4n) is 3.86. The zero-order valence-electron chi connectivity index (χ0n) is 14.1. The van der Waals surface area contributed by atoms with Crippen LogP contribution in [-0.2, 0) is 6.54 Å². The molecule has 0 N–H and O–H groups in total. The van der Waals surface area contributed by atoms with Gasteiger partial charge < -0.3 is 9.47 Å². The van der Waals surface area contributed by atoms with Gasteiger partial charge in [0, 0.05) is 24.7 Å². The van der Waals surface area contributed by atoms with Gasteiger partial charge >= 0.3 is 0 Å². The van der Waals surface area contributed by atoms with Crippen LogP contribution in [0.25, 0.3) is 21.5 Å². The van der Waals surface area contributed by atoms with Crippen molar-refractivity contribution in [1.29, 1.82) is 5.26 Å². The fourth-order valence-corrected chi connectivity index (χ4v) is 4.69. The largest absolute Gasteiger partial charge is 0.333 e. The molecule has 5 rings (SSSR count).